The number of aryl methyl sites for hydroxylation is 2. The molecule has 1 aliphatic heterocycles. The number of rotatable bonds is 4. The maximum atomic E-state index is 11.8. The Labute approximate surface area is 123 Å². The van der Waals surface area contributed by atoms with E-state index in [4.69, 9.17) is 9.84 Å². The molecule has 6 heteroatoms. The number of carboxylic acids is 1. The van der Waals surface area contributed by atoms with Gasteiger partial charge in [-0.25, -0.2) is 9.59 Å². The van der Waals surface area contributed by atoms with Crippen LogP contribution in [0.5, 0.6) is 0 Å². The van der Waals surface area contributed by atoms with Crippen molar-refractivity contribution in [2.24, 2.45) is 0 Å². The zero-order chi connectivity index (χ0) is 15.4. The Hall–Kier alpha value is -2.08. The van der Waals surface area contributed by atoms with Gasteiger partial charge in [-0.15, -0.1) is 0 Å². The number of amides is 2. The lowest BCUT2D eigenvalue weighted by atomic mass is 10.1. The average molecular weight is 292 g/mol. The van der Waals surface area contributed by atoms with Crippen LogP contribution in [0.3, 0.4) is 0 Å². The highest BCUT2D eigenvalue weighted by atomic mass is 16.5. The zero-order valence-corrected chi connectivity index (χ0v) is 12.2. The Bertz CT molecular complexity index is 544. The number of hydrogen-bond acceptors (Lipinski definition) is 3. The number of carbonyl (C=O) groups excluding carboxylic acids is 1. The summed E-state index contributed by atoms with van der Waals surface area (Å²) < 4.78 is 5.32. The lowest BCUT2D eigenvalue weighted by molar-refractivity contribution is -0.149. The van der Waals surface area contributed by atoms with Crippen LogP contribution in [0.2, 0.25) is 0 Å². The Morgan fingerprint density at radius 3 is 2.67 bits per heavy atom. The Balaban J connectivity index is 1.77. The van der Waals surface area contributed by atoms with Crippen molar-refractivity contribution in [3.05, 3.63) is 29.3 Å². The summed E-state index contributed by atoms with van der Waals surface area (Å²) in [5.41, 5.74) is 3.00. The summed E-state index contributed by atoms with van der Waals surface area (Å²) in [6.45, 7) is 4.30. The molecule has 0 aliphatic carbocycles. The number of benzene rings is 1. The Morgan fingerprint density at radius 2 is 2.05 bits per heavy atom. The van der Waals surface area contributed by atoms with Crippen LogP contribution in [0.15, 0.2) is 18.2 Å². The van der Waals surface area contributed by atoms with E-state index in [0.29, 0.717) is 19.4 Å². The summed E-state index contributed by atoms with van der Waals surface area (Å²) in [4.78, 5) is 22.5. The van der Waals surface area contributed by atoms with Crippen LogP contribution < -0.4 is 10.6 Å². The van der Waals surface area contributed by atoms with Gasteiger partial charge in [0.25, 0.3) is 0 Å². The monoisotopic (exact) mass is 292 g/mol. The molecule has 0 bridgehead atoms. The lowest BCUT2D eigenvalue weighted by Crippen LogP contribution is -2.35. The van der Waals surface area contributed by atoms with Crippen molar-refractivity contribution in [2.75, 3.05) is 11.9 Å². The molecule has 1 heterocycles. The highest BCUT2D eigenvalue weighted by Gasteiger charge is 2.30. The number of ether oxygens (including phenoxy) is 1. The molecule has 2 amide bonds. The second-order valence-electron chi connectivity index (χ2n) is 5.30. The van der Waals surface area contributed by atoms with Gasteiger partial charge in [-0.3, -0.25) is 0 Å². The van der Waals surface area contributed by atoms with E-state index in [-0.39, 0.29) is 12.1 Å². The van der Waals surface area contributed by atoms with Gasteiger partial charge in [-0.2, -0.15) is 0 Å². The van der Waals surface area contributed by atoms with Crippen LogP contribution in [0.4, 0.5) is 10.5 Å². The van der Waals surface area contributed by atoms with Gasteiger partial charge in [0.05, 0.1) is 6.10 Å². The second kappa shape index (κ2) is 6.58. The van der Waals surface area contributed by atoms with E-state index in [9.17, 15) is 9.59 Å². The highest BCUT2D eigenvalue weighted by molar-refractivity contribution is 5.89. The van der Waals surface area contributed by atoms with Gasteiger partial charge in [-0.05, 0) is 49.9 Å². The van der Waals surface area contributed by atoms with E-state index in [0.717, 1.165) is 11.3 Å². The van der Waals surface area contributed by atoms with Crippen molar-refractivity contribution >= 4 is 17.7 Å². The summed E-state index contributed by atoms with van der Waals surface area (Å²) in [7, 11) is 0. The van der Waals surface area contributed by atoms with E-state index in [1.165, 1.54) is 5.56 Å². The molecule has 1 aromatic rings. The van der Waals surface area contributed by atoms with Crippen LogP contribution in [0, 0.1) is 13.8 Å². The highest BCUT2D eigenvalue weighted by Crippen LogP contribution is 2.19. The van der Waals surface area contributed by atoms with E-state index in [2.05, 4.69) is 10.6 Å². The van der Waals surface area contributed by atoms with E-state index >= 15 is 0 Å². The number of aliphatic carboxylic acids is 1. The smallest absolute Gasteiger partial charge is 0.332 e. The molecule has 1 aliphatic rings. The maximum Gasteiger partial charge on any atom is 0.332 e. The van der Waals surface area contributed by atoms with Gasteiger partial charge in [0.1, 0.15) is 0 Å². The fourth-order valence-corrected chi connectivity index (χ4v) is 2.24. The Kier molecular flexibility index (Phi) is 4.80. The number of anilines is 1. The van der Waals surface area contributed by atoms with Gasteiger partial charge in [0.15, 0.2) is 6.10 Å². The third-order valence-corrected chi connectivity index (χ3v) is 3.64. The first-order valence-corrected chi connectivity index (χ1v) is 6.96. The molecule has 114 valence electrons. The van der Waals surface area contributed by atoms with Crippen molar-refractivity contribution in [3.63, 3.8) is 0 Å². The Morgan fingerprint density at radius 1 is 1.29 bits per heavy atom. The SMILES string of the molecule is Cc1ccc(NC(=O)NCC2CCC(C(=O)O)O2)cc1C. The molecule has 6 nitrogen and oxygen atoms in total. The van der Waals surface area contributed by atoms with Crippen LogP contribution >= 0.6 is 0 Å². The molecule has 2 atom stereocenters. The van der Waals surface area contributed by atoms with Crippen molar-refractivity contribution in [2.45, 2.75) is 38.9 Å². The molecule has 21 heavy (non-hydrogen) atoms. The summed E-state index contributed by atoms with van der Waals surface area (Å²) in [6.07, 6.45) is 0.137. The average Bonchev–Trinajstić information content (AvgIpc) is 2.90. The van der Waals surface area contributed by atoms with Crippen LogP contribution in [0.25, 0.3) is 0 Å². The minimum absolute atomic E-state index is 0.239. The number of carboxylic acid groups (broad SMARTS) is 1. The van der Waals surface area contributed by atoms with Gasteiger partial charge < -0.3 is 20.5 Å². The van der Waals surface area contributed by atoms with E-state index in [1.807, 2.05) is 32.0 Å². The lowest BCUT2D eigenvalue weighted by Gasteiger charge is -2.13. The molecule has 3 N–H and O–H groups in total. The summed E-state index contributed by atoms with van der Waals surface area (Å²) >= 11 is 0. The van der Waals surface area contributed by atoms with Crippen LogP contribution in [-0.4, -0.2) is 35.9 Å². The third-order valence-electron chi connectivity index (χ3n) is 3.64. The summed E-state index contributed by atoms with van der Waals surface area (Å²) in [5, 5.41) is 14.3. The molecule has 0 aromatic heterocycles. The molecular weight excluding hydrogens is 272 g/mol. The van der Waals surface area contributed by atoms with Gasteiger partial charge >= 0.3 is 12.0 Å². The number of hydrogen-bond donors (Lipinski definition) is 3. The minimum Gasteiger partial charge on any atom is -0.479 e. The first-order valence-electron chi connectivity index (χ1n) is 6.96. The van der Waals surface area contributed by atoms with Gasteiger partial charge in [-0.1, -0.05) is 6.07 Å². The molecule has 0 saturated carbocycles. The van der Waals surface area contributed by atoms with Gasteiger partial charge in [0, 0.05) is 12.2 Å². The number of carbonyl (C=O) groups is 2. The van der Waals surface area contributed by atoms with E-state index < -0.39 is 12.1 Å². The third kappa shape index (κ3) is 4.19. The molecule has 0 spiro atoms. The maximum absolute atomic E-state index is 11.8. The molecule has 2 rings (SSSR count). The quantitative estimate of drug-likeness (QED) is 0.792. The van der Waals surface area contributed by atoms with Crippen molar-refractivity contribution < 1.29 is 19.4 Å². The molecule has 1 aromatic carbocycles. The van der Waals surface area contributed by atoms with Gasteiger partial charge in [0.2, 0.25) is 0 Å². The predicted molar refractivity (Wildman–Crippen MR) is 78.5 cm³/mol. The minimum atomic E-state index is -0.947. The fraction of sp³-hybridized carbons (Fsp3) is 0.467. The first-order chi connectivity index (χ1) is 9.95. The fourth-order valence-electron chi connectivity index (χ4n) is 2.24. The summed E-state index contributed by atoms with van der Waals surface area (Å²) in [5.74, 6) is -0.947. The molecule has 1 saturated heterocycles. The molecule has 2 unspecified atom stereocenters. The molecule has 1 fully saturated rings. The first kappa shape index (κ1) is 15.3. The zero-order valence-electron chi connectivity index (χ0n) is 12.2. The largest absolute Gasteiger partial charge is 0.479 e. The normalized spacial score (nSPS) is 21.0. The van der Waals surface area contributed by atoms with Crippen molar-refractivity contribution in [1.82, 2.24) is 5.32 Å². The number of urea groups is 1. The van der Waals surface area contributed by atoms with Crippen molar-refractivity contribution in [1.29, 1.82) is 0 Å². The predicted octanol–water partition coefficient (Wildman–Crippen LogP) is 2.06. The van der Waals surface area contributed by atoms with Crippen LogP contribution in [0.1, 0.15) is 24.0 Å². The van der Waals surface area contributed by atoms with Crippen molar-refractivity contribution in [3.8, 4) is 0 Å². The van der Waals surface area contributed by atoms with E-state index in [1.54, 1.807) is 0 Å². The molecule has 0 radical (unpaired) electrons. The summed E-state index contributed by atoms with van der Waals surface area (Å²) in [6, 6.07) is 5.37. The molecular formula is C15H20N2O4. The second-order valence-corrected chi connectivity index (χ2v) is 5.30. The van der Waals surface area contributed by atoms with Crippen LogP contribution in [-0.2, 0) is 9.53 Å². The standard InChI is InChI=1S/C15H20N2O4/c1-9-3-4-11(7-10(9)2)17-15(20)16-8-12-5-6-13(21-12)14(18)19/h3-4,7,12-13H,5-6,8H2,1-2H3,(H,18,19)(H2,16,17,20). The number of nitrogens with one attached hydrogen (secondary N) is 2. The topological polar surface area (TPSA) is 87.7 Å².